The van der Waals surface area contributed by atoms with Crippen molar-refractivity contribution in [3.8, 4) is 0 Å². The van der Waals surface area contributed by atoms with E-state index in [2.05, 4.69) is 0 Å². The fourth-order valence-electron chi connectivity index (χ4n) is 3.66. The zero-order valence-electron chi connectivity index (χ0n) is 18.4. The van der Waals surface area contributed by atoms with Gasteiger partial charge >= 0.3 is 15.2 Å². The first-order chi connectivity index (χ1) is 16.8. The number of nitrogens with zero attached hydrogens (tertiary/aromatic N) is 3. The maximum Gasteiger partial charge on any atom is 0.331 e. The van der Waals surface area contributed by atoms with Crippen LogP contribution in [0.4, 0.5) is 5.00 Å². The molecule has 3 aromatic rings. The zero-order chi connectivity index (χ0) is 25.0. The third-order valence-electron chi connectivity index (χ3n) is 5.44. The molecule has 0 bridgehead atoms. The normalized spacial score (nSPS) is 15.4. The van der Waals surface area contributed by atoms with Crippen molar-refractivity contribution in [1.82, 2.24) is 8.61 Å². The lowest BCUT2D eigenvalue weighted by molar-refractivity contribution is -0.380. The van der Waals surface area contributed by atoms with Gasteiger partial charge in [0.05, 0.1) is 4.92 Å². The largest absolute Gasteiger partial charge is 0.331 e. The van der Waals surface area contributed by atoms with E-state index in [-0.39, 0.29) is 36.5 Å². The number of hydrogen-bond acceptors (Lipinski definition) is 7. The molecule has 2 amide bonds. The van der Waals surface area contributed by atoms with Gasteiger partial charge in [-0.1, -0.05) is 72.0 Å². The summed E-state index contributed by atoms with van der Waals surface area (Å²) in [4.78, 5) is 37.2. The van der Waals surface area contributed by atoms with Crippen LogP contribution >= 0.6 is 11.3 Å². The van der Waals surface area contributed by atoms with Crippen molar-refractivity contribution in [3.05, 3.63) is 104 Å². The quantitative estimate of drug-likeness (QED) is 0.198. The van der Waals surface area contributed by atoms with Crippen LogP contribution < -0.4 is 0 Å². The summed E-state index contributed by atoms with van der Waals surface area (Å²) in [5.41, 5.74) is 1.32. The summed E-state index contributed by atoms with van der Waals surface area (Å²) in [6, 6.07) is 20.9. The second-order valence-corrected chi connectivity index (χ2v) is 10.6. The minimum atomic E-state index is -4.41. The van der Waals surface area contributed by atoms with Crippen LogP contribution in [0.3, 0.4) is 0 Å². The number of thiophene rings is 1. The number of carbonyl (C=O) groups is 2. The summed E-state index contributed by atoms with van der Waals surface area (Å²) in [7, 11) is -4.41. The Morgan fingerprint density at radius 2 is 1.29 bits per heavy atom. The lowest BCUT2D eigenvalue weighted by Crippen LogP contribution is -2.57. The zero-order valence-corrected chi connectivity index (χ0v) is 20.1. The Labute approximate surface area is 206 Å². The SMILES string of the molecule is O=C1C(=Cc2ccc([N+](=O)[O-])s2)C(=O)N(CCc2ccccc2)S(=O)(=O)N1CCc1ccccc1. The molecule has 1 saturated heterocycles. The Balaban J connectivity index is 1.68. The van der Waals surface area contributed by atoms with E-state index in [1.54, 1.807) is 0 Å². The van der Waals surface area contributed by atoms with Crippen molar-refractivity contribution in [2.75, 3.05) is 13.1 Å². The minimum Gasteiger partial charge on any atom is -0.268 e. The molecule has 2 aromatic carbocycles. The van der Waals surface area contributed by atoms with E-state index < -0.39 is 26.9 Å². The molecule has 0 saturated carbocycles. The predicted molar refractivity (Wildman–Crippen MR) is 132 cm³/mol. The van der Waals surface area contributed by atoms with E-state index in [0.29, 0.717) is 13.5 Å². The van der Waals surface area contributed by atoms with Gasteiger partial charge in [0.15, 0.2) is 0 Å². The van der Waals surface area contributed by atoms with Gasteiger partial charge in [0.1, 0.15) is 5.57 Å². The van der Waals surface area contributed by atoms with E-state index in [1.807, 2.05) is 60.7 Å². The first kappa shape index (κ1) is 24.3. The average Bonchev–Trinajstić information content (AvgIpc) is 3.32. The first-order valence-corrected chi connectivity index (χ1v) is 12.9. The second kappa shape index (κ2) is 10.2. The molecular weight excluding hydrogens is 490 g/mol. The lowest BCUT2D eigenvalue weighted by atomic mass is 10.1. The highest BCUT2D eigenvalue weighted by Crippen LogP contribution is 2.30. The number of rotatable bonds is 8. The minimum absolute atomic E-state index is 0.151. The maximum absolute atomic E-state index is 13.4. The van der Waals surface area contributed by atoms with Crippen LogP contribution in [-0.4, -0.2) is 46.9 Å². The highest BCUT2D eigenvalue weighted by molar-refractivity contribution is 7.88. The van der Waals surface area contributed by atoms with E-state index in [9.17, 15) is 28.1 Å². The fraction of sp³-hybridized carbons (Fsp3) is 0.167. The van der Waals surface area contributed by atoms with Crippen molar-refractivity contribution >= 4 is 44.4 Å². The number of hydrogen-bond donors (Lipinski definition) is 0. The predicted octanol–water partition coefficient (Wildman–Crippen LogP) is 3.44. The third kappa shape index (κ3) is 5.31. The van der Waals surface area contributed by atoms with Crippen LogP contribution in [0.15, 0.2) is 78.4 Å². The van der Waals surface area contributed by atoms with Gasteiger partial charge in [-0.05, 0) is 36.1 Å². The molecule has 0 atom stereocenters. The molecule has 0 N–H and O–H groups in total. The van der Waals surface area contributed by atoms with E-state index >= 15 is 0 Å². The van der Waals surface area contributed by atoms with Gasteiger partial charge in [-0.25, -0.2) is 8.61 Å². The molecule has 11 heteroatoms. The number of nitro groups is 1. The van der Waals surface area contributed by atoms with Crippen LogP contribution in [-0.2, 0) is 32.6 Å². The highest BCUT2D eigenvalue weighted by atomic mass is 32.2. The van der Waals surface area contributed by atoms with Crippen molar-refractivity contribution in [3.63, 3.8) is 0 Å². The summed E-state index contributed by atoms with van der Waals surface area (Å²) in [6.45, 7) is -0.301. The van der Waals surface area contributed by atoms with Gasteiger partial charge in [-0.3, -0.25) is 19.7 Å². The van der Waals surface area contributed by atoms with Crippen molar-refractivity contribution in [1.29, 1.82) is 0 Å². The number of benzene rings is 2. The Bertz CT molecular complexity index is 1310. The van der Waals surface area contributed by atoms with Gasteiger partial charge < -0.3 is 0 Å². The molecule has 0 unspecified atom stereocenters. The van der Waals surface area contributed by atoms with Gasteiger partial charge in [-0.2, -0.15) is 8.42 Å². The van der Waals surface area contributed by atoms with Crippen LogP contribution in [0.1, 0.15) is 16.0 Å². The molecule has 9 nitrogen and oxygen atoms in total. The Morgan fingerprint density at radius 1 is 0.800 bits per heavy atom. The van der Waals surface area contributed by atoms with Crippen LogP contribution in [0.25, 0.3) is 6.08 Å². The van der Waals surface area contributed by atoms with Gasteiger partial charge in [0, 0.05) is 24.0 Å². The standard InChI is InChI=1S/C24H21N3O6S2/c28-23-21(17-20-11-12-22(34-20)27(30)31)24(29)26(16-14-19-9-5-2-6-10-19)35(32,33)25(23)15-13-18-7-3-1-4-8-18/h1-12,17H,13-16H2. The summed E-state index contributed by atoms with van der Waals surface area (Å²) in [5, 5.41) is 10.9. The molecule has 1 aliphatic heterocycles. The molecule has 0 radical (unpaired) electrons. The summed E-state index contributed by atoms with van der Waals surface area (Å²) >= 11 is 0.795. The summed E-state index contributed by atoms with van der Waals surface area (Å²) in [5.74, 6) is -1.89. The van der Waals surface area contributed by atoms with Gasteiger partial charge in [-0.15, -0.1) is 0 Å². The van der Waals surface area contributed by atoms with Gasteiger partial charge in [0.2, 0.25) is 0 Å². The molecule has 1 aromatic heterocycles. The number of amides is 2. The first-order valence-electron chi connectivity index (χ1n) is 10.7. The molecule has 4 rings (SSSR count). The molecular formula is C24H21N3O6S2. The average molecular weight is 512 g/mol. The molecule has 1 fully saturated rings. The summed E-state index contributed by atoms with van der Waals surface area (Å²) in [6.07, 6.45) is 1.76. The Hall–Kier alpha value is -3.83. The third-order valence-corrected chi connectivity index (χ3v) is 8.24. The maximum atomic E-state index is 13.4. The second-order valence-electron chi connectivity index (χ2n) is 7.72. The smallest absolute Gasteiger partial charge is 0.268 e. The molecule has 0 spiro atoms. The van der Waals surface area contributed by atoms with E-state index in [4.69, 9.17) is 0 Å². The van der Waals surface area contributed by atoms with E-state index in [0.717, 1.165) is 22.5 Å². The van der Waals surface area contributed by atoms with Crippen molar-refractivity contribution in [2.45, 2.75) is 12.8 Å². The molecule has 35 heavy (non-hydrogen) atoms. The highest BCUT2D eigenvalue weighted by Gasteiger charge is 2.46. The molecule has 180 valence electrons. The van der Waals surface area contributed by atoms with Crippen LogP contribution in [0.2, 0.25) is 0 Å². The number of carbonyl (C=O) groups excluding carboxylic acids is 2. The topological polar surface area (TPSA) is 118 Å². The molecule has 1 aliphatic rings. The molecule has 0 aliphatic carbocycles. The van der Waals surface area contributed by atoms with Crippen molar-refractivity contribution in [2.24, 2.45) is 0 Å². The summed E-state index contributed by atoms with van der Waals surface area (Å²) < 4.78 is 28.1. The van der Waals surface area contributed by atoms with Crippen molar-refractivity contribution < 1.29 is 22.9 Å². The van der Waals surface area contributed by atoms with Crippen LogP contribution in [0.5, 0.6) is 0 Å². The lowest BCUT2D eigenvalue weighted by Gasteiger charge is -2.35. The Morgan fingerprint density at radius 3 is 1.71 bits per heavy atom. The molecule has 2 heterocycles. The monoisotopic (exact) mass is 511 g/mol. The van der Waals surface area contributed by atoms with Crippen LogP contribution in [0, 0.1) is 10.1 Å². The Kier molecular flexibility index (Phi) is 7.08. The fourth-order valence-corrected chi connectivity index (χ4v) is 5.92. The van der Waals surface area contributed by atoms with E-state index in [1.165, 1.54) is 18.2 Å². The van der Waals surface area contributed by atoms with Gasteiger partial charge in [0.25, 0.3) is 11.8 Å².